The van der Waals surface area contributed by atoms with Crippen LogP contribution >= 0.6 is 0 Å². The van der Waals surface area contributed by atoms with E-state index in [1.165, 1.54) is 212 Å². The summed E-state index contributed by atoms with van der Waals surface area (Å²) in [5.74, 6) is -0.0801. The monoisotopic (exact) mass is 926 g/mol. The Labute approximate surface area is 410 Å². The minimum atomic E-state index is -0.847. The van der Waals surface area contributed by atoms with E-state index in [0.717, 1.165) is 57.8 Å². The number of hydrogen-bond donors (Lipinski definition) is 3. The van der Waals surface area contributed by atoms with Crippen LogP contribution in [0, 0.1) is 0 Å². The molecule has 0 heterocycles. The molecule has 2 unspecified atom stereocenters. The lowest BCUT2D eigenvalue weighted by molar-refractivity contribution is -0.143. The lowest BCUT2D eigenvalue weighted by Gasteiger charge is -2.20. The van der Waals surface area contributed by atoms with Crippen LogP contribution in [0.5, 0.6) is 0 Å². The van der Waals surface area contributed by atoms with Crippen molar-refractivity contribution in [1.29, 1.82) is 0 Å². The first-order chi connectivity index (χ1) is 32.5. The number of rotatable bonds is 53. The molecular weight excluding hydrogens is 815 g/mol. The molecule has 0 aliphatic heterocycles. The first-order valence-electron chi connectivity index (χ1n) is 28.9. The number of esters is 1. The first kappa shape index (κ1) is 63.8. The van der Waals surface area contributed by atoms with Gasteiger partial charge in [0, 0.05) is 12.8 Å². The van der Waals surface area contributed by atoms with E-state index in [-0.39, 0.29) is 18.5 Å². The predicted octanol–water partition coefficient (Wildman–Crippen LogP) is 17.8. The first-order valence-corrected chi connectivity index (χ1v) is 28.9. The van der Waals surface area contributed by atoms with E-state index in [4.69, 9.17) is 4.74 Å². The molecule has 0 rings (SSSR count). The molecule has 6 nitrogen and oxygen atoms in total. The normalized spacial score (nSPS) is 13.0. The second-order valence-electron chi connectivity index (χ2n) is 19.6. The SMILES string of the molecule is CCCCC/C=C\C/C=C\CCCCCCCC(=O)OCCCCCCCCCCCCCC/C=C\CCCCCCCCCC(=O)NC(CO)C(O)/C=C/CCCCCCCCCCC. The van der Waals surface area contributed by atoms with E-state index in [9.17, 15) is 19.8 Å². The third-order valence-electron chi connectivity index (χ3n) is 13.1. The minimum absolute atomic E-state index is 0.00374. The Kier molecular flexibility index (Phi) is 53.6. The molecule has 6 heteroatoms. The number of aliphatic hydroxyl groups excluding tert-OH is 2. The highest BCUT2D eigenvalue weighted by Crippen LogP contribution is 2.16. The third-order valence-corrected chi connectivity index (χ3v) is 13.1. The van der Waals surface area contributed by atoms with Gasteiger partial charge in [0.2, 0.25) is 5.91 Å². The van der Waals surface area contributed by atoms with Gasteiger partial charge in [-0.05, 0) is 89.9 Å². The summed E-state index contributed by atoms with van der Waals surface area (Å²) in [6.07, 6.45) is 69.9. The Balaban J connectivity index is 3.42. The molecule has 0 saturated heterocycles. The Morgan fingerprint density at radius 2 is 0.758 bits per heavy atom. The number of unbranched alkanes of at least 4 members (excludes halogenated alkanes) is 36. The third kappa shape index (κ3) is 51.2. The van der Waals surface area contributed by atoms with Gasteiger partial charge in [0.15, 0.2) is 0 Å². The van der Waals surface area contributed by atoms with Crippen molar-refractivity contribution in [3.63, 3.8) is 0 Å². The van der Waals surface area contributed by atoms with Crippen LogP contribution < -0.4 is 5.32 Å². The van der Waals surface area contributed by atoms with Crippen molar-refractivity contribution in [2.45, 2.75) is 309 Å². The van der Waals surface area contributed by atoms with Crippen LogP contribution in [-0.2, 0) is 14.3 Å². The van der Waals surface area contributed by atoms with E-state index < -0.39 is 12.1 Å². The van der Waals surface area contributed by atoms with Crippen molar-refractivity contribution in [1.82, 2.24) is 5.32 Å². The van der Waals surface area contributed by atoms with E-state index in [1.807, 2.05) is 6.08 Å². The van der Waals surface area contributed by atoms with Crippen LogP contribution in [0.15, 0.2) is 48.6 Å². The van der Waals surface area contributed by atoms with Crippen molar-refractivity contribution in [2.24, 2.45) is 0 Å². The highest BCUT2D eigenvalue weighted by Gasteiger charge is 2.18. The summed E-state index contributed by atoms with van der Waals surface area (Å²) >= 11 is 0. The van der Waals surface area contributed by atoms with Crippen LogP contribution in [0.1, 0.15) is 296 Å². The van der Waals surface area contributed by atoms with Gasteiger partial charge in [-0.25, -0.2) is 0 Å². The Hall–Kier alpha value is -2.18. The number of aliphatic hydroxyl groups is 2. The number of allylic oxidation sites excluding steroid dienone is 7. The van der Waals surface area contributed by atoms with Crippen molar-refractivity contribution >= 4 is 11.9 Å². The summed E-state index contributed by atoms with van der Waals surface area (Å²) in [4.78, 5) is 24.4. The van der Waals surface area contributed by atoms with Crippen molar-refractivity contribution < 1.29 is 24.5 Å². The molecule has 386 valence electrons. The molecule has 0 spiro atoms. The summed E-state index contributed by atoms with van der Waals surface area (Å²) in [6.45, 7) is 4.85. The van der Waals surface area contributed by atoms with Crippen LogP contribution in [0.3, 0.4) is 0 Å². The van der Waals surface area contributed by atoms with E-state index in [0.29, 0.717) is 19.4 Å². The summed E-state index contributed by atoms with van der Waals surface area (Å²) in [6, 6.07) is -0.632. The molecule has 0 aromatic carbocycles. The molecule has 0 aliphatic carbocycles. The molecule has 0 bridgehead atoms. The van der Waals surface area contributed by atoms with E-state index in [2.05, 4.69) is 55.6 Å². The number of amides is 1. The maximum absolute atomic E-state index is 12.4. The molecule has 66 heavy (non-hydrogen) atoms. The molecule has 0 radical (unpaired) electrons. The Morgan fingerprint density at radius 1 is 0.424 bits per heavy atom. The van der Waals surface area contributed by atoms with E-state index >= 15 is 0 Å². The van der Waals surface area contributed by atoms with Gasteiger partial charge in [-0.2, -0.15) is 0 Å². The van der Waals surface area contributed by atoms with Crippen LogP contribution in [0.25, 0.3) is 0 Å². The summed E-state index contributed by atoms with van der Waals surface area (Å²) in [5.41, 5.74) is 0. The molecule has 0 fully saturated rings. The highest BCUT2D eigenvalue weighted by molar-refractivity contribution is 5.76. The van der Waals surface area contributed by atoms with Gasteiger partial charge >= 0.3 is 5.97 Å². The maximum atomic E-state index is 12.4. The fraction of sp³-hybridized carbons (Fsp3) is 0.833. The molecule has 3 N–H and O–H groups in total. The predicted molar refractivity (Wildman–Crippen MR) is 287 cm³/mol. The van der Waals surface area contributed by atoms with Gasteiger partial charge in [0.05, 0.1) is 25.4 Å². The van der Waals surface area contributed by atoms with Gasteiger partial charge in [-0.1, -0.05) is 242 Å². The van der Waals surface area contributed by atoms with Gasteiger partial charge < -0.3 is 20.3 Å². The zero-order valence-electron chi connectivity index (χ0n) is 43.9. The van der Waals surface area contributed by atoms with Gasteiger partial charge in [-0.3, -0.25) is 9.59 Å². The smallest absolute Gasteiger partial charge is 0.305 e. The molecule has 0 saturated carbocycles. The maximum Gasteiger partial charge on any atom is 0.305 e. The highest BCUT2D eigenvalue weighted by atomic mass is 16.5. The zero-order valence-corrected chi connectivity index (χ0v) is 43.9. The van der Waals surface area contributed by atoms with Gasteiger partial charge in [-0.15, -0.1) is 0 Å². The summed E-state index contributed by atoms with van der Waals surface area (Å²) in [5, 5.41) is 23.0. The number of carbonyl (C=O) groups excluding carboxylic acids is 2. The Bertz CT molecular complexity index is 1110. The second-order valence-corrected chi connectivity index (χ2v) is 19.6. The lowest BCUT2D eigenvalue weighted by atomic mass is 10.0. The average Bonchev–Trinajstić information content (AvgIpc) is 3.32. The second kappa shape index (κ2) is 55.4. The molecular formula is C60H111NO5. The van der Waals surface area contributed by atoms with Crippen molar-refractivity contribution in [3.05, 3.63) is 48.6 Å². The zero-order chi connectivity index (χ0) is 47.9. The lowest BCUT2D eigenvalue weighted by Crippen LogP contribution is -2.45. The van der Waals surface area contributed by atoms with Crippen LogP contribution in [0.2, 0.25) is 0 Å². The minimum Gasteiger partial charge on any atom is -0.466 e. The van der Waals surface area contributed by atoms with Crippen LogP contribution in [0.4, 0.5) is 0 Å². The van der Waals surface area contributed by atoms with Crippen LogP contribution in [-0.4, -0.2) is 47.4 Å². The van der Waals surface area contributed by atoms with Gasteiger partial charge in [0.1, 0.15) is 0 Å². The number of carbonyl (C=O) groups is 2. The fourth-order valence-corrected chi connectivity index (χ4v) is 8.60. The van der Waals surface area contributed by atoms with Crippen molar-refractivity contribution in [2.75, 3.05) is 13.2 Å². The fourth-order valence-electron chi connectivity index (χ4n) is 8.60. The summed E-state index contributed by atoms with van der Waals surface area (Å²) in [7, 11) is 0. The topological polar surface area (TPSA) is 95.9 Å². The van der Waals surface area contributed by atoms with Gasteiger partial charge in [0.25, 0.3) is 0 Å². The standard InChI is InChI=1S/C60H111NO5/c1-3-5-7-9-11-13-15-16-26-30-34-38-42-46-50-54-60(65)66-55-51-47-43-39-35-31-28-25-23-21-19-17-18-20-22-24-27-29-33-37-41-45-49-53-59(64)61-57(56-62)58(63)52-48-44-40-36-32-14-12-10-8-6-4-2/h11,13,16,20,22,26,48,52,57-58,62-63H,3-10,12,14-15,17-19,21,23-25,27-47,49-51,53-56H2,1-2H3,(H,61,64)/b13-11-,22-20-,26-16-,52-48+. The van der Waals surface area contributed by atoms with E-state index in [1.54, 1.807) is 6.08 Å². The molecule has 2 atom stereocenters. The quantitative estimate of drug-likeness (QED) is 0.0321. The molecule has 0 aromatic heterocycles. The van der Waals surface area contributed by atoms with Crippen molar-refractivity contribution in [3.8, 4) is 0 Å². The Morgan fingerprint density at radius 3 is 1.20 bits per heavy atom. The number of nitrogens with one attached hydrogen (secondary N) is 1. The number of hydrogen-bond acceptors (Lipinski definition) is 5. The average molecular weight is 927 g/mol. The molecule has 0 aromatic rings. The number of ether oxygens (including phenoxy) is 1. The largest absolute Gasteiger partial charge is 0.466 e. The molecule has 0 aliphatic rings. The molecule has 1 amide bonds. The summed E-state index contributed by atoms with van der Waals surface area (Å²) < 4.78 is 5.47.